The monoisotopic (exact) mass is 518 g/mol. The van der Waals surface area contributed by atoms with Crippen LogP contribution in [0.5, 0.6) is 5.75 Å². The number of H-pyrrole nitrogens is 1. The van der Waals surface area contributed by atoms with Gasteiger partial charge >= 0.3 is 0 Å². The molecule has 0 saturated carbocycles. The highest BCUT2D eigenvalue weighted by Crippen LogP contribution is 2.29. The Kier molecular flexibility index (Phi) is 8.95. The number of likely N-dealkylation sites (tertiary alicyclic amines) is 1. The summed E-state index contributed by atoms with van der Waals surface area (Å²) in [6, 6.07) is 15.9. The van der Waals surface area contributed by atoms with Crippen LogP contribution in [-0.2, 0) is 23.1 Å². The lowest BCUT2D eigenvalue weighted by atomic mass is 9.77. The van der Waals surface area contributed by atoms with Crippen LogP contribution in [0, 0.1) is 11.8 Å². The summed E-state index contributed by atoms with van der Waals surface area (Å²) < 4.78 is 18.5. The topological polar surface area (TPSA) is 90.5 Å². The Morgan fingerprint density at radius 3 is 2.42 bits per heavy atom. The molecule has 2 heterocycles. The summed E-state index contributed by atoms with van der Waals surface area (Å²) >= 11 is 0. The molecule has 1 aromatic heterocycles. The van der Waals surface area contributed by atoms with Crippen LogP contribution >= 0.6 is 0 Å². The molecule has 1 aliphatic heterocycles. The summed E-state index contributed by atoms with van der Waals surface area (Å²) in [5.41, 5.74) is 3.20. The van der Waals surface area contributed by atoms with E-state index in [1.54, 1.807) is 14.0 Å². The third kappa shape index (κ3) is 6.87. The third-order valence-corrected chi connectivity index (χ3v) is 7.08. The number of methoxy groups -OCH3 is 1. The van der Waals surface area contributed by atoms with Gasteiger partial charge in [-0.15, -0.1) is 0 Å². The second-order valence-electron chi connectivity index (χ2n) is 10.3. The van der Waals surface area contributed by atoms with Crippen LogP contribution in [0.25, 0.3) is 0 Å². The molecule has 1 fully saturated rings. The zero-order chi connectivity index (χ0) is 27.1. The fraction of sp³-hybridized carbons (Fsp3) is 0.400. The van der Waals surface area contributed by atoms with Crippen molar-refractivity contribution in [2.75, 3.05) is 33.4 Å². The molecule has 8 heteroatoms. The lowest BCUT2D eigenvalue weighted by molar-refractivity contribution is -0.0333. The highest BCUT2D eigenvalue weighted by molar-refractivity contribution is 5.45. The number of rotatable bonds is 10. The Bertz CT molecular complexity index is 1320. The molecule has 200 valence electrons. The van der Waals surface area contributed by atoms with Gasteiger partial charge in [-0.2, -0.15) is 0 Å². The molecule has 7 nitrogen and oxygen atoms in total. The number of ether oxygens (including phenoxy) is 1. The Morgan fingerprint density at radius 2 is 1.82 bits per heavy atom. The number of aromatic hydroxyl groups is 1. The van der Waals surface area contributed by atoms with Crippen LogP contribution in [0.4, 0.5) is 4.39 Å². The molecule has 2 atom stereocenters. The number of halogens is 1. The third-order valence-electron chi connectivity index (χ3n) is 7.08. The van der Waals surface area contributed by atoms with Gasteiger partial charge in [0, 0.05) is 62.3 Å². The summed E-state index contributed by atoms with van der Waals surface area (Å²) in [7, 11) is 1.76. The summed E-state index contributed by atoms with van der Waals surface area (Å²) in [4.78, 5) is 20.8. The van der Waals surface area contributed by atoms with Crippen molar-refractivity contribution in [3.63, 3.8) is 0 Å². The fourth-order valence-corrected chi connectivity index (χ4v) is 4.50. The van der Waals surface area contributed by atoms with Crippen LogP contribution in [0.2, 0.25) is 0 Å². The number of hydrogen-bond acceptors (Lipinski definition) is 6. The van der Waals surface area contributed by atoms with Gasteiger partial charge in [0.05, 0.1) is 18.1 Å². The SMILES string of the molecule is COC1CN(Cc2ccc(C#Cc3ccc(C(C)(CN[C@@H](C)CF)Cc4nc[nH]c(=O)c4O)cc3)cc2)C1. The van der Waals surface area contributed by atoms with E-state index in [4.69, 9.17) is 4.74 Å². The van der Waals surface area contributed by atoms with Gasteiger partial charge in [-0.05, 0) is 42.3 Å². The predicted octanol–water partition coefficient (Wildman–Crippen LogP) is 3.15. The molecule has 4 rings (SSSR count). The average molecular weight is 519 g/mol. The smallest absolute Gasteiger partial charge is 0.293 e. The van der Waals surface area contributed by atoms with Crippen molar-refractivity contribution in [1.82, 2.24) is 20.2 Å². The van der Waals surface area contributed by atoms with Gasteiger partial charge in [-0.3, -0.25) is 9.69 Å². The molecule has 1 saturated heterocycles. The van der Waals surface area contributed by atoms with Crippen molar-refractivity contribution in [2.45, 2.75) is 44.4 Å². The number of nitrogens with one attached hydrogen (secondary N) is 2. The van der Waals surface area contributed by atoms with Crippen molar-refractivity contribution in [1.29, 1.82) is 0 Å². The van der Waals surface area contributed by atoms with E-state index >= 15 is 0 Å². The molecule has 0 aliphatic carbocycles. The zero-order valence-electron chi connectivity index (χ0n) is 22.1. The van der Waals surface area contributed by atoms with Crippen LogP contribution in [0.1, 0.15) is 41.8 Å². The van der Waals surface area contributed by atoms with Crippen LogP contribution in [0.3, 0.4) is 0 Å². The molecule has 0 spiro atoms. The Hall–Kier alpha value is -3.51. The first-order valence-electron chi connectivity index (χ1n) is 12.8. The first kappa shape index (κ1) is 27.5. The van der Waals surface area contributed by atoms with Gasteiger partial charge in [0.25, 0.3) is 5.56 Å². The molecular weight excluding hydrogens is 483 g/mol. The van der Waals surface area contributed by atoms with Crippen molar-refractivity contribution in [2.24, 2.45) is 0 Å². The van der Waals surface area contributed by atoms with Gasteiger partial charge in [-0.1, -0.05) is 43.0 Å². The normalized spacial score (nSPS) is 16.2. The molecule has 38 heavy (non-hydrogen) atoms. The number of benzene rings is 2. The minimum Gasteiger partial charge on any atom is -0.502 e. The van der Waals surface area contributed by atoms with Gasteiger partial charge in [-0.25, -0.2) is 9.37 Å². The molecule has 3 N–H and O–H groups in total. The van der Waals surface area contributed by atoms with E-state index < -0.39 is 23.4 Å². The van der Waals surface area contributed by atoms with Crippen LogP contribution in [-0.4, -0.2) is 65.5 Å². The van der Waals surface area contributed by atoms with E-state index in [1.165, 1.54) is 11.9 Å². The van der Waals surface area contributed by atoms with E-state index in [1.807, 2.05) is 43.3 Å². The van der Waals surface area contributed by atoms with Crippen molar-refractivity contribution >= 4 is 0 Å². The van der Waals surface area contributed by atoms with E-state index in [9.17, 15) is 14.3 Å². The highest BCUT2D eigenvalue weighted by atomic mass is 19.1. The fourth-order valence-electron chi connectivity index (χ4n) is 4.50. The molecular formula is C30H35FN4O3. The summed E-state index contributed by atoms with van der Waals surface area (Å²) in [6.07, 6.45) is 1.93. The second kappa shape index (κ2) is 12.4. The second-order valence-corrected chi connectivity index (χ2v) is 10.3. The van der Waals surface area contributed by atoms with Crippen molar-refractivity contribution in [3.05, 3.63) is 93.2 Å². The number of nitrogens with zero attached hydrogens (tertiary/aromatic N) is 2. The molecule has 0 radical (unpaired) electrons. The molecule has 1 unspecified atom stereocenters. The molecule has 0 bridgehead atoms. The highest BCUT2D eigenvalue weighted by Gasteiger charge is 2.30. The first-order valence-corrected chi connectivity index (χ1v) is 12.8. The molecule has 1 aliphatic rings. The lowest BCUT2D eigenvalue weighted by Crippen LogP contribution is -2.50. The molecule has 3 aromatic rings. The van der Waals surface area contributed by atoms with Crippen LogP contribution < -0.4 is 10.9 Å². The summed E-state index contributed by atoms with van der Waals surface area (Å²) in [5, 5.41) is 13.4. The minimum absolute atomic E-state index is 0.297. The van der Waals surface area contributed by atoms with Crippen molar-refractivity contribution < 1.29 is 14.2 Å². The molecule has 0 amide bonds. The number of aromatic amines is 1. The molecule has 2 aromatic carbocycles. The van der Waals surface area contributed by atoms with Crippen LogP contribution in [0.15, 0.2) is 59.7 Å². The number of hydrogen-bond donors (Lipinski definition) is 3. The van der Waals surface area contributed by atoms with Gasteiger partial charge < -0.3 is 20.1 Å². The quantitative estimate of drug-likeness (QED) is 0.357. The predicted molar refractivity (Wildman–Crippen MR) is 146 cm³/mol. The standard InChI is InChI=1S/C30H35FN4O3/c1-21(15-31)32-19-30(2,14-27-28(36)29(37)34-20-33-27)25-12-10-23(11-13-25)5-4-22-6-8-24(9-7-22)16-35-17-26(18-35)38-3/h6-13,20-21,26,32,36H,14-19H2,1-3H3,(H,33,34,37)/t21-,30?/m0/s1. The number of aromatic nitrogens is 2. The van der Waals surface area contributed by atoms with E-state index in [-0.39, 0.29) is 6.04 Å². The Balaban J connectivity index is 1.46. The number of alkyl halides is 1. The largest absolute Gasteiger partial charge is 0.502 e. The zero-order valence-corrected chi connectivity index (χ0v) is 22.1. The lowest BCUT2D eigenvalue weighted by Gasteiger charge is -2.38. The maximum absolute atomic E-state index is 13.1. The summed E-state index contributed by atoms with van der Waals surface area (Å²) in [6.45, 7) is 6.58. The maximum Gasteiger partial charge on any atom is 0.293 e. The van der Waals surface area contributed by atoms with Crippen molar-refractivity contribution in [3.8, 4) is 17.6 Å². The average Bonchev–Trinajstić information content (AvgIpc) is 2.91. The maximum atomic E-state index is 13.1. The first-order chi connectivity index (χ1) is 18.3. The van der Waals surface area contributed by atoms with Gasteiger partial charge in [0.2, 0.25) is 5.75 Å². The Morgan fingerprint density at radius 1 is 1.18 bits per heavy atom. The summed E-state index contributed by atoms with van der Waals surface area (Å²) in [5.74, 6) is 6.05. The minimum atomic E-state index is -0.582. The van der Waals surface area contributed by atoms with Gasteiger partial charge in [0.1, 0.15) is 6.67 Å². The van der Waals surface area contributed by atoms with E-state index in [0.717, 1.165) is 36.3 Å². The van der Waals surface area contributed by atoms with E-state index in [0.29, 0.717) is 24.8 Å². The Labute approximate surface area is 223 Å². The van der Waals surface area contributed by atoms with Gasteiger partial charge in [0.15, 0.2) is 0 Å². The van der Waals surface area contributed by atoms with E-state index in [2.05, 4.69) is 44.2 Å².